The van der Waals surface area contributed by atoms with Crippen LogP contribution in [0.5, 0.6) is 0 Å². The van der Waals surface area contributed by atoms with Crippen LogP contribution in [0, 0.1) is 0 Å². The number of carbonyl (C=O) groups excluding carboxylic acids is 1. The van der Waals surface area contributed by atoms with E-state index in [4.69, 9.17) is 0 Å². The summed E-state index contributed by atoms with van der Waals surface area (Å²) in [6, 6.07) is 7.57. The number of carbonyl (C=O) groups is 1. The molecule has 0 bridgehead atoms. The van der Waals surface area contributed by atoms with Crippen molar-refractivity contribution in [3.63, 3.8) is 0 Å². The van der Waals surface area contributed by atoms with Gasteiger partial charge in [-0.1, -0.05) is 42.8 Å². The molecule has 2 aromatic rings. The summed E-state index contributed by atoms with van der Waals surface area (Å²) in [5.74, 6) is 0.00413. The van der Waals surface area contributed by atoms with Gasteiger partial charge in [-0.15, -0.1) is 6.58 Å². The van der Waals surface area contributed by atoms with Crippen LogP contribution in [0.1, 0.15) is 32.6 Å². The molecule has 0 aliphatic heterocycles. The number of thioether (sulfide) groups is 1. The van der Waals surface area contributed by atoms with Gasteiger partial charge in [0.1, 0.15) is 0 Å². The number of amides is 1. The van der Waals surface area contributed by atoms with Gasteiger partial charge in [0.05, 0.1) is 16.2 Å². The van der Waals surface area contributed by atoms with Crippen LogP contribution in [0.4, 0.5) is 0 Å². The average molecular weight is 357 g/mol. The van der Waals surface area contributed by atoms with Crippen molar-refractivity contribution in [2.45, 2.75) is 55.6 Å². The molecule has 1 aromatic heterocycles. The maximum atomic E-state index is 12.7. The first kappa shape index (κ1) is 17.7. The zero-order chi connectivity index (χ0) is 17.8. The van der Waals surface area contributed by atoms with Crippen molar-refractivity contribution >= 4 is 28.6 Å². The van der Waals surface area contributed by atoms with Crippen LogP contribution in [0.2, 0.25) is 0 Å². The zero-order valence-electron chi connectivity index (χ0n) is 14.4. The molecule has 1 amide bonds. The number of aromatic nitrogens is 2. The molecule has 1 fully saturated rings. The molecule has 1 N–H and O–H groups in total. The number of benzene rings is 1. The number of hydrogen-bond donors (Lipinski definition) is 1. The fourth-order valence-corrected chi connectivity index (χ4v) is 4.06. The summed E-state index contributed by atoms with van der Waals surface area (Å²) in [4.78, 5) is 29.8. The summed E-state index contributed by atoms with van der Waals surface area (Å²) < 4.78 is 1.58. The molecule has 1 heterocycles. The molecule has 132 valence electrons. The van der Waals surface area contributed by atoms with Crippen molar-refractivity contribution in [3.8, 4) is 0 Å². The Morgan fingerprint density at radius 3 is 2.88 bits per heavy atom. The Kier molecular flexibility index (Phi) is 5.58. The molecule has 0 saturated heterocycles. The molecule has 3 rings (SSSR count). The molecule has 5 nitrogen and oxygen atoms in total. The quantitative estimate of drug-likeness (QED) is 0.490. The summed E-state index contributed by atoms with van der Waals surface area (Å²) in [5, 5.41) is 3.93. The standard InChI is InChI=1S/C19H23N3O2S/c1-3-12-22-18(24)15-10-6-7-11-16(15)21-19(22)25-13(2)17(23)20-14-8-4-5-9-14/h3,6-7,10-11,13-14H,1,4-5,8-9,12H2,2H3,(H,20,23)/t13-/m0/s1. The van der Waals surface area contributed by atoms with Crippen molar-refractivity contribution in [1.82, 2.24) is 14.9 Å². The first-order chi connectivity index (χ1) is 12.1. The van der Waals surface area contributed by atoms with Crippen LogP contribution in [0.15, 0.2) is 46.9 Å². The highest BCUT2D eigenvalue weighted by Crippen LogP contribution is 2.24. The van der Waals surface area contributed by atoms with Crippen molar-refractivity contribution in [1.29, 1.82) is 0 Å². The number of hydrogen-bond acceptors (Lipinski definition) is 4. The number of para-hydroxylation sites is 1. The average Bonchev–Trinajstić information content (AvgIpc) is 3.11. The van der Waals surface area contributed by atoms with Gasteiger partial charge in [0.25, 0.3) is 5.56 Å². The Morgan fingerprint density at radius 1 is 1.44 bits per heavy atom. The van der Waals surface area contributed by atoms with E-state index in [1.807, 2.05) is 25.1 Å². The van der Waals surface area contributed by atoms with E-state index in [1.165, 1.54) is 24.6 Å². The lowest BCUT2D eigenvalue weighted by atomic mass is 10.2. The van der Waals surface area contributed by atoms with E-state index in [9.17, 15) is 9.59 Å². The monoisotopic (exact) mass is 357 g/mol. The molecule has 1 aliphatic rings. The van der Waals surface area contributed by atoms with Crippen molar-refractivity contribution in [2.75, 3.05) is 0 Å². The number of nitrogens with one attached hydrogen (secondary N) is 1. The van der Waals surface area contributed by atoms with Gasteiger partial charge in [-0.2, -0.15) is 0 Å². The van der Waals surface area contributed by atoms with Crippen LogP contribution in [-0.2, 0) is 11.3 Å². The summed E-state index contributed by atoms with van der Waals surface area (Å²) in [5.41, 5.74) is 0.551. The van der Waals surface area contributed by atoms with Gasteiger partial charge in [-0.25, -0.2) is 4.98 Å². The molecule has 1 aromatic carbocycles. The Labute approximate surface area is 151 Å². The lowest BCUT2D eigenvalue weighted by Gasteiger charge is -2.18. The lowest BCUT2D eigenvalue weighted by molar-refractivity contribution is -0.120. The van der Waals surface area contributed by atoms with Gasteiger partial charge < -0.3 is 5.32 Å². The largest absolute Gasteiger partial charge is 0.352 e. The lowest BCUT2D eigenvalue weighted by Crippen LogP contribution is -2.38. The summed E-state index contributed by atoms with van der Waals surface area (Å²) in [7, 11) is 0. The summed E-state index contributed by atoms with van der Waals surface area (Å²) >= 11 is 1.32. The minimum atomic E-state index is -0.315. The number of rotatable bonds is 6. The number of fused-ring (bicyclic) bond motifs is 1. The molecule has 6 heteroatoms. The highest BCUT2D eigenvalue weighted by molar-refractivity contribution is 8.00. The maximum Gasteiger partial charge on any atom is 0.262 e. The summed E-state index contributed by atoms with van der Waals surface area (Å²) in [6.45, 7) is 5.95. The van der Waals surface area contributed by atoms with E-state index < -0.39 is 0 Å². The van der Waals surface area contributed by atoms with Crippen molar-refractivity contribution in [2.24, 2.45) is 0 Å². The Hall–Kier alpha value is -2.08. The van der Waals surface area contributed by atoms with Crippen LogP contribution < -0.4 is 10.9 Å². The zero-order valence-corrected chi connectivity index (χ0v) is 15.2. The number of allylic oxidation sites excluding steroid dienone is 1. The van der Waals surface area contributed by atoms with E-state index in [1.54, 1.807) is 16.7 Å². The minimum absolute atomic E-state index is 0.00413. The normalized spacial score (nSPS) is 16.0. The van der Waals surface area contributed by atoms with E-state index >= 15 is 0 Å². The predicted octanol–water partition coefficient (Wildman–Crippen LogP) is 3.12. The second kappa shape index (κ2) is 7.87. The van der Waals surface area contributed by atoms with Gasteiger partial charge in [0.15, 0.2) is 5.16 Å². The third-order valence-electron chi connectivity index (χ3n) is 4.49. The first-order valence-corrected chi connectivity index (χ1v) is 9.55. The second-order valence-corrected chi connectivity index (χ2v) is 7.67. The maximum absolute atomic E-state index is 12.7. The van der Waals surface area contributed by atoms with Gasteiger partial charge in [-0.3, -0.25) is 14.2 Å². The SMILES string of the molecule is C=CCn1c(S[C@@H](C)C(=O)NC2CCCC2)nc2ccccc2c1=O. The van der Waals surface area contributed by atoms with Crippen LogP contribution >= 0.6 is 11.8 Å². The molecule has 0 radical (unpaired) electrons. The topological polar surface area (TPSA) is 64.0 Å². The second-order valence-electron chi connectivity index (χ2n) is 6.37. The van der Waals surface area contributed by atoms with Crippen molar-refractivity contribution < 1.29 is 4.79 Å². The fraction of sp³-hybridized carbons (Fsp3) is 0.421. The highest BCUT2D eigenvalue weighted by atomic mass is 32.2. The fourth-order valence-electron chi connectivity index (χ4n) is 3.13. The van der Waals surface area contributed by atoms with Gasteiger partial charge in [0, 0.05) is 12.6 Å². The Bertz CT molecular complexity index is 840. The molecule has 1 atom stereocenters. The third kappa shape index (κ3) is 3.95. The van der Waals surface area contributed by atoms with Crippen LogP contribution in [0.3, 0.4) is 0 Å². The van der Waals surface area contributed by atoms with Gasteiger partial charge in [0.2, 0.25) is 5.91 Å². The molecule has 1 saturated carbocycles. The summed E-state index contributed by atoms with van der Waals surface area (Å²) in [6.07, 6.45) is 6.14. The van der Waals surface area contributed by atoms with E-state index in [0.29, 0.717) is 22.6 Å². The van der Waals surface area contributed by atoms with Crippen molar-refractivity contribution in [3.05, 3.63) is 47.3 Å². The number of nitrogens with zero attached hydrogens (tertiary/aromatic N) is 2. The van der Waals surface area contributed by atoms with Gasteiger partial charge >= 0.3 is 0 Å². The molecular formula is C19H23N3O2S. The van der Waals surface area contributed by atoms with Crippen LogP contribution in [-0.4, -0.2) is 26.8 Å². The van der Waals surface area contributed by atoms with Gasteiger partial charge in [-0.05, 0) is 31.9 Å². The molecule has 0 spiro atoms. The minimum Gasteiger partial charge on any atom is -0.352 e. The predicted molar refractivity (Wildman–Crippen MR) is 102 cm³/mol. The van der Waals surface area contributed by atoms with Crippen LogP contribution in [0.25, 0.3) is 10.9 Å². The molecule has 1 aliphatic carbocycles. The Morgan fingerprint density at radius 2 is 2.16 bits per heavy atom. The smallest absolute Gasteiger partial charge is 0.262 e. The highest BCUT2D eigenvalue weighted by Gasteiger charge is 2.23. The molecule has 25 heavy (non-hydrogen) atoms. The molecule has 0 unspecified atom stereocenters. The van der Waals surface area contributed by atoms with E-state index in [-0.39, 0.29) is 22.8 Å². The molecular weight excluding hydrogens is 334 g/mol. The Balaban J connectivity index is 1.86. The van der Waals surface area contributed by atoms with E-state index in [2.05, 4.69) is 16.9 Å². The third-order valence-corrected chi connectivity index (χ3v) is 5.58. The first-order valence-electron chi connectivity index (χ1n) is 8.67. The van der Waals surface area contributed by atoms with E-state index in [0.717, 1.165) is 12.8 Å².